The Morgan fingerprint density at radius 2 is 0.917 bits per heavy atom. The van der Waals surface area contributed by atoms with Crippen LogP contribution in [-0.4, -0.2) is 44.8 Å². The zero-order chi connectivity index (χ0) is 8.88. The van der Waals surface area contributed by atoms with Crippen molar-refractivity contribution in [3.05, 3.63) is 12.2 Å². The first-order chi connectivity index (χ1) is 5.63. The number of hydrogen-bond acceptors (Lipinski definition) is 4. The molecule has 4 nitrogen and oxygen atoms in total. The third kappa shape index (κ3) is 0.863. The van der Waals surface area contributed by atoms with Crippen LogP contribution in [0.4, 0.5) is 0 Å². The van der Waals surface area contributed by atoms with E-state index in [1.165, 1.54) is 0 Å². The maximum Gasteiger partial charge on any atom is 0.109 e. The Labute approximate surface area is 69.8 Å². The van der Waals surface area contributed by atoms with Crippen molar-refractivity contribution in [3.8, 4) is 0 Å². The van der Waals surface area contributed by atoms with Crippen LogP contribution in [0.1, 0.15) is 0 Å². The number of fused-ring (bicyclic) bond motifs is 1. The van der Waals surface area contributed by atoms with Crippen LogP contribution in [0.25, 0.3) is 0 Å². The number of hydrogen-bond donors (Lipinski definition) is 4. The lowest BCUT2D eigenvalue weighted by Gasteiger charge is -2.46. The topological polar surface area (TPSA) is 80.9 Å². The van der Waals surface area contributed by atoms with Gasteiger partial charge >= 0.3 is 0 Å². The SMILES string of the molecule is O[C@@H]1[C@H](O)[C@@H](O)[C@@H]2C=C[C@@H]2[C@H]1O. The van der Waals surface area contributed by atoms with Crippen molar-refractivity contribution in [1.82, 2.24) is 0 Å². The van der Waals surface area contributed by atoms with E-state index in [9.17, 15) is 20.4 Å². The minimum atomic E-state index is -1.23. The van der Waals surface area contributed by atoms with Crippen LogP contribution in [0.3, 0.4) is 0 Å². The number of aliphatic hydroxyl groups excluding tert-OH is 4. The predicted molar refractivity (Wildman–Crippen MR) is 40.1 cm³/mol. The van der Waals surface area contributed by atoms with E-state index in [0.717, 1.165) is 0 Å². The second-order valence-electron chi connectivity index (χ2n) is 3.50. The van der Waals surface area contributed by atoms with Gasteiger partial charge in [0.1, 0.15) is 12.2 Å². The Bertz CT molecular complexity index is 193. The van der Waals surface area contributed by atoms with Crippen LogP contribution >= 0.6 is 0 Å². The zero-order valence-corrected chi connectivity index (χ0v) is 6.41. The molecule has 2 aliphatic rings. The van der Waals surface area contributed by atoms with Crippen molar-refractivity contribution in [1.29, 1.82) is 0 Å². The summed E-state index contributed by atoms with van der Waals surface area (Å²) in [6.45, 7) is 0. The summed E-state index contributed by atoms with van der Waals surface area (Å²) in [6.07, 6.45) is -0.865. The van der Waals surface area contributed by atoms with Gasteiger partial charge in [0.25, 0.3) is 0 Å². The van der Waals surface area contributed by atoms with Gasteiger partial charge in [-0.1, -0.05) is 12.2 Å². The van der Waals surface area contributed by atoms with Gasteiger partial charge in [-0.15, -0.1) is 0 Å². The summed E-state index contributed by atoms with van der Waals surface area (Å²) in [5, 5.41) is 37.3. The second-order valence-corrected chi connectivity index (χ2v) is 3.50. The van der Waals surface area contributed by atoms with E-state index >= 15 is 0 Å². The third-order valence-electron chi connectivity index (χ3n) is 2.84. The highest BCUT2D eigenvalue weighted by molar-refractivity contribution is 5.19. The van der Waals surface area contributed by atoms with Gasteiger partial charge in [0.05, 0.1) is 12.2 Å². The molecule has 0 heterocycles. The van der Waals surface area contributed by atoms with E-state index in [4.69, 9.17) is 0 Å². The molecular weight excluding hydrogens is 160 g/mol. The van der Waals surface area contributed by atoms with E-state index < -0.39 is 24.4 Å². The zero-order valence-electron chi connectivity index (χ0n) is 6.41. The standard InChI is InChI=1S/C8H12O4/c9-5-3-1-2-4(3)6(10)8(12)7(5)11/h1-12H/t3-,4+,5+,6-,7-,8+. The van der Waals surface area contributed by atoms with Crippen molar-refractivity contribution in [2.45, 2.75) is 24.4 Å². The van der Waals surface area contributed by atoms with E-state index in [-0.39, 0.29) is 11.8 Å². The fourth-order valence-electron chi connectivity index (χ4n) is 1.91. The predicted octanol–water partition coefficient (Wildman–Crippen LogP) is -1.75. The number of rotatable bonds is 0. The summed E-state index contributed by atoms with van der Waals surface area (Å²) >= 11 is 0. The molecule has 0 aliphatic heterocycles. The normalized spacial score (nSPS) is 57.7. The lowest BCUT2D eigenvalue weighted by atomic mass is 9.66. The van der Waals surface area contributed by atoms with Crippen LogP contribution in [0.15, 0.2) is 12.2 Å². The molecule has 0 aromatic rings. The Morgan fingerprint density at radius 3 is 1.17 bits per heavy atom. The quantitative estimate of drug-likeness (QED) is 0.326. The molecule has 2 rings (SSSR count). The minimum Gasteiger partial charge on any atom is -0.390 e. The lowest BCUT2D eigenvalue weighted by molar-refractivity contribution is -0.171. The van der Waals surface area contributed by atoms with Gasteiger partial charge in [-0.3, -0.25) is 0 Å². The van der Waals surface area contributed by atoms with Gasteiger partial charge in [0.2, 0.25) is 0 Å². The number of aliphatic hydroxyl groups is 4. The summed E-state index contributed by atoms with van der Waals surface area (Å²) in [7, 11) is 0. The van der Waals surface area contributed by atoms with Gasteiger partial charge in [-0.25, -0.2) is 0 Å². The van der Waals surface area contributed by atoms with Crippen LogP contribution in [0, 0.1) is 11.8 Å². The van der Waals surface area contributed by atoms with Gasteiger partial charge in [-0.2, -0.15) is 0 Å². The molecule has 6 atom stereocenters. The van der Waals surface area contributed by atoms with Gasteiger partial charge in [0, 0.05) is 11.8 Å². The molecular formula is C8H12O4. The van der Waals surface area contributed by atoms with Crippen molar-refractivity contribution in [2.75, 3.05) is 0 Å². The molecule has 0 amide bonds. The molecule has 0 radical (unpaired) electrons. The Kier molecular flexibility index (Phi) is 1.73. The second kappa shape index (κ2) is 2.53. The van der Waals surface area contributed by atoms with Crippen molar-refractivity contribution < 1.29 is 20.4 Å². The average Bonchev–Trinajstić information content (AvgIpc) is 1.97. The fourth-order valence-corrected chi connectivity index (χ4v) is 1.91. The lowest BCUT2D eigenvalue weighted by Crippen LogP contribution is -2.59. The first-order valence-corrected chi connectivity index (χ1v) is 4.03. The molecule has 4 N–H and O–H groups in total. The maximum absolute atomic E-state index is 9.38. The molecule has 12 heavy (non-hydrogen) atoms. The molecule has 0 unspecified atom stereocenters. The molecule has 1 saturated carbocycles. The molecule has 68 valence electrons. The van der Waals surface area contributed by atoms with Crippen LogP contribution in [0.2, 0.25) is 0 Å². The smallest absolute Gasteiger partial charge is 0.109 e. The minimum absolute atomic E-state index is 0.196. The summed E-state index contributed by atoms with van der Waals surface area (Å²) in [6, 6.07) is 0. The Hall–Kier alpha value is -0.420. The first kappa shape index (κ1) is 8.19. The molecule has 0 spiro atoms. The van der Waals surface area contributed by atoms with Crippen molar-refractivity contribution >= 4 is 0 Å². The van der Waals surface area contributed by atoms with Crippen LogP contribution in [-0.2, 0) is 0 Å². The molecule has 1 fully saturated rings. The molecule has 4 heteroatoms. The largest absolute Gasteiger partial charge is 0.390 e. The first-order valence-electron chi connectivity index (χ1n) is 4.03. The summed E-state index contributed by atoms with van der Waals surface area (Å²) in [5.74, 6) is -0.392. The fraction of sp³-hybridized carbons (Fsp3) is 0.750. The Balaban J connectivity index is 2.21. The van der Waals surface area contributed by atoms with Crippen molar-refractivity contribution in [2.24, 2.45) is 11.8 Å². The molecule has 2 aliphatic carbocycles. The van der Waals surface area contributed by atoms with Crippen molar-refractivity contribution in [3.63, 3.8) is 0 Å². The maximum atomic E-state index is 9.38. The van der Waals surface area contributed by atoms with Gasteiger partial charge in [-0.05, 0) is 0 Å². The molecule has 0 aromatic heterocycles. The Morgan fingerprint density at radius 1 is 0.583 bits per heavy atom. The van der Waals surface area contributed by atoms with Crippen LogP contribution in [0.5, 0.6) is 0 Å². The van der Waals surface area contributed by atoms with Gasteiger partial charge < -0.3 is 20.4 Å². The highest BCUT2D eigenvalue weighted by Crippen LogP contribution is 2.39. The summed E-state index contributed by atoms with van der Waals surface area (Å²) in [5.41, 5.74) is 0. The monoisotopic (exact) mass is 172 g/mol. The van der Waals surface area contributed by atoms with E-state index in [1.54, 1.807) is 12.2 Å². The van der Waals surface area contributed by atoms with E-state index in [2.05, 4.69) is 0 Å². The average molecular weight is 172 g/mol. The molecule has 0 bridgehead atoms. The highest BCUT2D eigenvalue weighted by atomic mass is 16.4. The van der Waals surface area contributed by atoms with Gasteiger partial charge in [0.15, 0.2) is 0 Å². The molecule has 0 saturated heterocycles. The van der Waals surface area contributed by atoms with Crippen LogP contribution < -0.4 is 0 Å². The summed E-state index contributed by atoms with van der Waals surface area (Å²) < 4.78 is 0. The third-order valence-corrected chi connectivity index (χ3v) is 2.84. The summed E-state index contributed by atoms with van der Waals surface area (Å²) in [4.78, 5) is 0. The van der Waals surface area contributed by atoms with E-state index in [1.807, 2.05) is 0 Å². The van der Waals surface area contributed by atoms with E-state index in [0.29, 0.717) is 0 Å². The molecule has 0 aromatic carbocycles. The highest BCUT2D eigenvalue weighted by Gasteiger charge is 2.49.